The van der Waals surface area contributed by atoms with Crippen LogP contribution in [0.1, 0.15) is 11.1 Å². The van der Waals surface area contributed by atoms with Crippen LogP contribution in [0.15, 0.2) is 91.3 Å². The van der Waals surface area contributed by atoms with E-state index in [4.69, 9.17) is 11.6 Å². The molecule has 0 atom stereocenters. The van der Waals surface area contributed by atoms with Crippen LogP contribution < -0.4 is 10.6 Å². The van der Waals surface area contributed by atoms with Crippen LogP contribution >= 0.6 is 11.6 Å². The van der Waals surface area contributed by atoms with Gasteiger partial charge < -0.3 is 10.6 Å². The molecule has 0 aliphatic carbocycles. The van der Waals surface area contributed by atoms with Crippen LogP contribution in [0, 0.1) is 29.2 Å². The zero-order chi connectivity index (χ0) is 28.5. The van der Waals surface area contributed by atoms with E-state index in [2.05, 4.69) is 25.6 Å². The molecule has 0 spiro atoms. The third kappa shape index (κ3) is 7.97. The van der Waals surface area contributed by atoms with Gasteiger partial charge in [0.2, 0.25) is 5.95 Å². The number of rotatable bonds is 7. The van der Waals surface area contributed by atoms with Crippen molar-refractivity contribution in [2.75, 3.05) is 10.6 Å². The molecule has 3 aromatic heterocycles. The predicted molar refractivity (Wildman–Crippen MR) is 144 cm³/mol. The molecule has 0 unspecified atom stereocenters. The second kappa shape index (κ2) is 13.5. The van der Waals surface area contributed by atoms with Crippen molar-refractivity contribution in [1.82, 2.24) is 15.0 Å². The van der Waals surface area contributed by atoms with Crippen molar-refractivity contribution in [3.05, 3.63) is 137 Å². The zero-order valence-corrected chi connectivity index (χ0v) is 21.4. The highest BCUT2D eigenvalue weighted by Crippen LogP contribution is 2.28. The molecular formula is C29H21ClF5N5. The number of nitrogens with one attached hydrogen (secondary N) is 2. The second-order valence-corrected chi connectivity index (χ2v) is 8.72. The lowest BCUT2D eigenvalue weighted by molar-refractivity contribution is 0.584. The van der Waals surface area contributed by atoms with E-state index in [1.54, 1.807) is 24.3 Å². The minimum Gasteiger partial charge on any atom is -0.364 e. The molecule has 3 heterocycles. The first-order valence-electron chi connectivity index (χ1n) is 11.8. The molecule has 0 radical (unpaired) electrons. The number of aromatic nitrogens is 3. The number of halogens is 6. The standard InChI is InChI=1S/C17H11ClF3N3.C12H10F2N2/c18-13-9-22-16(21)7-12(13)15-5-4-14(20)17(24-15)23-8-10-2-1-3-11(19)6-10;13-10-4-1-3-9(7-10)8-16-12-11(14)5-2-6-15-12/h1-7,9H,8H2,(H,23,24);1-7H,8H2,(H,15,16). The Hall–Kier alpha value is -4.57. The average Bonchev–Trinajstić information content (AvgIpc) is 2.94. The lowest BCUT2D eigenvalue weighted by Crippen LogP contribution is -2.04. The smallest absolute Gasteiger partial charge is 0.213 e. The number of anilines is 2. The van der Waals surface area contributed by atoms with Gasteiger partial charge in [0, 0.05) is 37.1 Å². The molecule has 2 aromatic carbocycles. The summed E-state index contributed by atoms with van der Waals surface area (Å²) in [6, 6.07) is 18.6. The van der Waals surface area contributed by atoms with Gasteiger partial charge in [-0.15, -0.1) is 0 Å². The van der Waals surface area contributed by atoms with Gasteiger partial charge in [-0.05, 0) is 59.7 Å². The van der Waals surface area contributed by atoms with Crippen LogP contribution in [-0.4, -0.2) is 15.0 Å². The molecule has 204 valence electrons. The predicted octanol–water partition coefficient (Wildman–Crippen LogP) is 7.80. The Balaban J connectivity index is 0.000000201. The molecule has 0 fully saturated rings. The van der Waals surface area contributed by atoms with Gasteiger partial charge in [0.15, 0.2) is 23.3 Å². The largest absolute Gasteiger partial charge is 0.364 e. The van der Waals surface area contributed by atoms with Crippen LogP contribution in [0.25, 0.3) is 11.3 Å². The lowest BCUT2D eigenvalue weighted by atomic mass is 10.1. The van der Waals surface area contributed by atoms with Gasteiger partial charge in [-0.1, -0.05) is 35.9 Å². The van der Waals surface area contributed by atoms with Crippen molar-refractivity contribution >= 4 is 23.2 Å². The Bertz CT molecular complexity index is 1600. The second-order valence-electron chi connectivity index (χ2n) is 8.31. The highest BCUT2D eigenvalue weighted by Gasteiger charge is 2.11. The molecular weight excluding hydrogens is 549 g/mol. The van der Waals surface area contributed by atoms with Crippen LogP contribution in [0.4, 0.5) is 33.6 Å². The minimum absolute atomic E-state index is 0.0370. The summed E-state index contributed by atoms with van der Waals surface area (Å²) in [6.45, 7) is 0.523. The SMILES string of the molecule is Fc1cccc(CNc2nc(-c3cc(F)ncc3Cl)ccc2F)c1.Fc1cccc(CNc2ncccc2F)c1. The number of nitrogens with zero attached hydrogens (tertiary/aromatic N) is 3. The lowest BCUT2D eigenvalue weighted by Gasteiger charge is -2.10. The molecule has 5 nitrogen and oxygen atoms in total. The Morgan fingerprint density at radius 2 is 1.27 bits per heavy atom. The molecule has 2 N–H and O–H groups in total. The maximum atomic E-state index is 13.9. The van der Waals surface area contributed by atoms with Gasteiger partial charge in [-0.3, -0.25) is 0 Å². The first-order chi connectivity index (χ1) is 19.3. The third-order valence-corrected chi connectivity index (χ3v) is 5.70. The molecule has 0 aliphatic rings. The minimum atomic E-state index is -0.713. The third-order valence-electron chi connectivity index (χ3n) is 5.40. The molecule has 0 bridgehead atoms. The molecule has 5 aromatic rings. The molecule has 11 heteroatoms. The number of benzene rings is 2. The van der Waals surface area contributed by atoms with E-state index in [0.29, 0.717) is 23.4 Å². The van der Waals surface area contributed by atoms with E-state index in [1.807, 2.05) is 0 Å². The number of hydrogen-bond donors (Lipinski definition) is 2. The summed E-state index contributed by atoms with van der Waals surface area (Å²) in [7, 11) is 0. The maximum Gasteiger partial charge on any atom is 0.213 e. The summed E-state index contributed by atoms with van der Waals surface area (Å²) >= 11 is 5.99. The van der Waals surface area contributed by atoms with Crippen molar-refractivity contribution in [2.45, 2.75) is 13.1 Å². The van der Waals surface area contributed by atoms with Gasteiger partial charge in [0.1, 0.15) is 11.6 Å². The van der Waals surface area contributed by atoms with Gasteiger partial charge in [-0.25, -0.2) is 32.5 Å². The highest BCUT2D eigenvalue weighted by molar-refractivity contribution is 6.33. The maximum absolute atomic E-state index is 13.9. The summed E-state index contributed by atoms with van der Waals surface area (Å²) in [4.78, 5) is 11.4. The summed E-state index contributed by atoms with van der Waals surface area (Å²) in [5, 5.41) is 5.80. The van der Waals surface area contributed by atoms with Crippen LogP contribution in [0.5, 0.6) is 0 Å². The van der Waals surface area contributed by atoms with Crippen LogP contribution in [-0.2, 0) is 13.1 Å². The van der Waals surface area contributed by atoms with Gasteiger partial charge in [0.05, 0.1) is 10.7 Å². The van der Waals surface area contributed by atoms with Crippen molar-refractivity contribution in [1.29, 1.82) is 0 Å². The van der Waals surface area contributed by atoms with E-state index in [0.717, 1.165) is 17.8 Å². The van der Waals surface area contributed by atoms with Crippen LogP contribution in [0.2, 0.25) is 5.02 Å². The van der Waals surface area contributed by atoms with Gasteiger partial charge >= 0.3 is 0 Å². The normalized spacial score (nSPS) is 10.4. The molecule has 40 heavy (non-hydrogen) atoms. The van der Waals surface area contributed by atoms with Crippen molar-refractivity contribution in [3.8, 4) is 11.3 Å². The fraction of sp³-hybridized carbons (Fsp3) is 0.0690. The Morgan fingerprint density at radius 3 is 1.90 bits per heavy atom. The van der Waals surface area contributed by atoms with Crippen molar-refractivity contribution in [3.63, 3.8) is 0 Å². The first kappa shape index (κ1) is 28.4. The summed E-state index contributed by atoms with van der Waals surface area (Å²) in [5.74, 6) is -2.26. The van der Waals surface area contributed by atoms with Gasteiger partial charge in [0.25, 0.3) is 0 Å². The Kier molecular flexibility index (Phi) is 9.58. The molecule has 5 rings (SSSR count). The van der Waals surface area contributed by atoms with E-state index in [-0.39, 0.29) is 34.8 Å². The summed E-state index contributed by atoms with van der Waals surface area (Å²) < 4.78 is 66.4. The van der Waals surface area contributed by atoms with E-state index < -0.39 is 17.6 Å². The Morgan fingerprint density at radius 1 is 0.650 bits per heavy atom. The summed E-state index contributed by atoms with van der Waals surface area (Å²) in [5.41, 5.74) is 1.97. The fourth-order valence-corrected chi connectivity index (χ4v) is 3.71. The van der Waals surface area contributed by atoms with E-state index >= 15 is 0 Å². The van der Waals surface area contributed by atoms with E-state index in [9.17, 15) is 22.0 Å². The topological polar surface area (TPSA) is 62.7 Å². The Labute approximate surface area is 231 Å². The van der Waals surface area contributed by atoms with Gasteiger partial charge in [-0.2, -0.15) is 4.39 Å². The molecule has 0 amide bonds. The number of hydrogen-bond acceptors (Lipinski definition) is 5. The molecule has 0 saturated carbocycles. The quantitative estimate of drug-likeness (QED) is 0.155. The summed E-state index contributed by atoms with van der Waals surface area (Å²) in [6.07, 6.45) is 2.66. The van der Waals surface area contributed by atoms with Crippen molar-refractivity contribution in [2.24, 2.45) is 0 Å². The van der Waals surface area contributed by atoms with Crippen molar-refractivity contribution < 1.29 is 22.0 Å². The first-order valence-corrected chi connectivity index (χ1v) is 12.2. The fourth-order valence-electron chi connectivity index (χ4n) is 3.51. The average molecular weight is 570 g/mol. The molecule has 0 saturated heterocycles. The van der Waals surface area contributed by atoms with Crippen LogP contribution in [0.3, 0.4) is 0 Å². The van der Waals surface area contributed by atoms with E-state index in [1.165, 1.54) is 54.7 Å². The number of pyridine rings is 3. The molecule has 0 aliphatic heterocycles. The zero-order valence-electron chi connectivity index (χ0n) is 20.7. The monoisotopic (exact) mass is 569 g/mol. The highest BCUT2D eigenvalue weighted by atomic mass is 35.5.